The van der Waals surface area contributed by atoms with Crippen molar-refractivity contribution in [3.05, 3.63) is 40.6 Å². The Bertz CT molecular complexity index is 481. The van der Waals surface area contributed by atoms with E-state index in [0.717, 1.165) is 15.9 Å². The van der Waals surface area contributed by atoms with Crippen molar-refractivity contribution in [2.75, 3.05) is 0 Å². The first-order chi connectivity index (χ1) is 7.22. The molecule has 1 aromatic carbocycles. The van der Waals surface area contributed by atoms with Gasteiger partial charge in [-0.1, -0.05) is 6.07 Å². The molecule has 5 heteroatoms. The lowest BCUT2D eigenvalue weighted by atomic mass is 10.3. The van der Waals surface area contributed by atoms with Gasteiger partial charge in [-0.15, -0.1) is 0 Å². The maximum absolute atomic E-state index is 9.35. The Hall–Kier alpha value is -1.33. The van der Waals surface area contributed by atoms with E-state index in [4.69, 9.17) is 5.73 Å². The molecule has 2 aromatic rings. The van der Waals surface area contributed by atoms with Crippen LogP contribution < -0.4 is 5.73 Å². The molecule has 0 aliphatic heterocycles. The lowest BCUT2D eigenvalue weighted by Crippen LogP contribution is -1.98. The summed E-state index contributed by atoms with van der Waals surface area (Å²) in [4.78, 5) is 0. The number of phenolic OH excluding ortho intramolecular Hbond substituents is 1. The van der Waals surface area contributed by atoms with Crippen LogP contribution in [0.1, 0.15) is 5.56 Å². The maximum Gasteiger partial charge on any atom is 0.117 e. The Labute approximate surface area is 95.5 Å². The molecule has 0 radical (unpaired) electrons. The number of nitrogens with two attached hydrogens (primary N) is 1. The van der Waals surface area contributed by atoms with Crippen LogP contribution in [0.4, 0.5) is 0 Å². The molecule has 2 rings (SSSR count). The second-order valence-corrected chi connectivity index (χ2v) is 3.85. The van der Waals surface area contributed by atoms with Crippen LogP contribution in [0.25, 0.3) is 5.69 Å². The fourth-order valence-electron chi connectivity index (χ4n) is 1.31. The number of benzene rings is 1. The van der Waals surface area contributed by atoms with Crippen LogP contribution in [-0.2, 0) is 6.54 Å². The van der Waals surface area contributed by atoms with Gasteiger partial charge >= 0.3 is 0 Å². The second kappa shape index (κ2) is 4.04. The number of halogens is 1. The number of phenols is 1. The molecule has 0 saturated heterocycles. The molecule has 0 fully saturated rings. The zero-order valence-electron chi connectivity index (χ0n) is 7.89. The molecule has 15 heavy (non-hydrogen) atoms. The summed E-state index contributed by atoms with van der Waals surface area (Å²) in [5, 5.41) is 13.5. The van der Waals surface area contributed by atoms with E-state index in [-0.39, 0.29) is 5.75 Å². The predicted molar refractivity (Wildman–Crippen MR) is 60.8 cm³/mol. The second-order valence-electron chi connectivity index (χ2n) is 3.10. The predicted octanol–water partition coefficient (Wildman–Crippen LogP) is 1.80. The quantitative estimate of drug-likeness (QED) is 0.872. The highest BCUT2D eigenvalue weighted by molar-refractivity contribution is 9.10. The molecule has 0 atom stereocenters. The summed E-state index contributed by atoms with van der Waals surface area (Å²) in [6.45, 7) is 0.430. The van der Waals surface area contributed by atoms with Gasteiger partial charge in [0.25, 0.3) is 0 Å². The van der Waals surface area contributed by atoms with E-state index in [2.05, 4.69) is 21.0 Å². The molecule has 0 amide bonds. The van der Waals surface area contributed by atoms with E-state index in [1.54, 1.807) is 29.1 Å². The summed E-state index contributed by atoms with van der Waals surface area (Å²) in [6.07, 6.45) is 1.70. The molecule has 1 heterocycles. The summed E-state index contributed by atoms with van der Waals surface area (Å²) in [6, 6.07) is 6.88. The monoisotopic (exact) mass is 267 g/mol. The van der Waals surface area contributed by atoms with Crippen molar-refractivity contribution in [3.63, 3.8) is 0 Å². The van der Waals surface area contributed by atoms with E-state index >= 15 is 0 Å². The van der Waals surface area contributed by atoms with Gasteiger partial charge in [-0.05, 0) is 28.1 Å². The van der Waals surface area contributed by atoms with Gasteiger partial charge in [-0.3, -0.25) is 0 Å². The van der Waals surface area contributed by atoms with Crippen LogP contribution >= 0.6 is 15.9 Å². The molecule has 0 saturated carbocycles. The van der Waals surface area contributed by atoms with Gasteiger partial charge < -0.3 is 10.8 Å². The number of rotatable bonds is 2. The molecule has 0 bridgehead atoms. The minimum absolute atomic E-state index is 0.212. The van der Waals surface area contributed by atoms with E-state index in [1.165, 1.54) is 0 Å². The molecular weight excluding hydrogens is 258 g/mol. The van der Waals surface area contributed by atoms with E-state index in [9.17, 15) is 5.11 Å². The Kier molecular flexibility index (Phi) is 2.75. The van der Waals surface area contributed by atoms with E-state index in [1.807, 2.05) is 6.07 Å². The highest BCUT2D eigenvalue weighted by Crippen LogP contribution is 2.22. The lowest BCUT2D eigenvalue weighted by Gasteiger charge is -2.03. The summed E-state index contributed by atoms with van der Waals surface area (Å²) < 4.78 is 2.50. The van der Waals surface area contributed by atoms with Crippen LogP contribution in [0.2, 0.25) is 0 Å². The first kappa shape index (κ1) is 10.2. The van der Waals surface area contributed by atoms with Gasteiger partial charge in [0.05, 0.1) is 11.9 Å². The topological polar surface area (TPSA) is 64.1 Å². The number of aromatic hydroxyl groups is 1. The van der Waals surface area contributed by atoms with E-state index in [0.29, 0.717) is 6.54 Å². The standard InChI is InChI=1S/C10H10BrN3O/c11-10-7(5-12)6-13-14(10)8-2-1-3-9(15)4-8/h1-4,6,15H,5,12H2. The Morgan fingerprint density at radius 1 is 1.47 bits per heavy atom. The lowest BCUT2D eigenvalue weighted by molar-refractivity contribution is 0.475. The largest absolute Gasteiger partial charge is 0.508 e. The highest BCUT2D eigenvalue weighted by Gasteiger charge is 2.08. The molecule has 1 aromatic heterocycles. The molecular formula is C10H10BrN3O. The molecule has 0 aliphatic carbocycles. The Morgan fingerprint density at radius 2 is 2.27 bits per heavy atom. The molecule has 0 aliphatic rings. The number of nitrogens with zero attached hydrogens (tertiary/aromatic N) is 2. The number of aromatic nitrogens is 2. The van der Waals surface area contributed by atoms with Crippen molar-refractivity contribution in [1.82, 2.24) is 9.78 Å². The smallest absolute Gasteiger partial charge is 0.117 e. The van der Waals surface area contributed by atoms with Crippen molar-refractivity contribution in [1.29, 1.82) is 0 Å². The fraction of sp³-hybridized carbons (Fsp3) is 0.100. The van der Waals surface area contributed by atoms with Gasteiger partial charge in [0, 0.05) is 18.2 Å². The summed E-state index contributed by atoms with van der Waals surface area (Å²) in [5.74, 6) is 0.212. The van der Waals surface area contributed by atoms with E-state index < -0.39 is 0 Å². The minimum atomic E-state index is 0.212. The van der Waals surface area contributed by atoms with Gasteiger partial charge in [0.2, 0.25) is 0 Å². The number of hydrogen-bond acceptors (Lipinski definition) is 3. The zero-order valence-corrected chi connectivity index (χ0v) is 9.48. The third-order valence-corrected chi connectivity index (χ3v) is 2.92. The normalized spacial score (nSPS) is 10.5. The van der Waals surface area contributed by atoms with Crippen molar-refractivity contribution in [2.45, 2.75) is 6.54 Å². The van der Waals surface area contributed by atoms with Crippen molar-refractivity contribution < 1.29 is 5.11 Å². The average molecular weight is 268 g/mol. The molecule has 4 nitrogen and oxygen atoms in total. The molecule has 78 valence electrons. The van der Waals surface area contributed by atoms with Crippen LogP contribution in [-0.4, -0.2) is 14.9 Å². The summed E-state index contributed by atoms with van der Waals surface area (Å²) >= 11 is 3.41. The summed E-state index contributed by atoms with van der Waals surface area (Å²) in [7, 11) is 0. The van der Waals surface area contributed by atoms with Gasteiger partial charge in [0.15, 0.2) is 0 Å². The average Bonchev–Trinajstić information content (AvgIpc) is 2.59. The zero-order chi connectivity index (χ0) is 10.8. The Balaban J connectivity index is 2.49. The highest BCUT2D eigenvalue weighted by atomic mass is 79.9. The third kappa shape index (κ3) is 1.88. The van der Waals surface area contributed by atoms with Crippen LogP contribution in [0.3, 0.4) is 0 Å². The van der Waals surface area contributed by atoms with Crippen LogP contribution in [0.5, 0.6) is 5.75 Å². The van der Waals surface area contributed by atoms with Gasteiger partial charge in [-0.2, -0.15) is 5.10 Å². The first-order valence-corrected chi connectivity index (χ1v) is 5.23. The third-order valence-electron chi connectivity index (χ3n) is 2.07. The van der Waals surface area contributed by atoms with Gasteiger partial charge in [0.1, 0.15) is 10.4 Å². The van der Waals surface area contributed by atoms with Crippen LogP contribution in [0, 0.1) is 0 Å². The minimum Gasteiger partial charge on any atom is -0.508 e. The fourth-order valence-corrected chi connectivity index (χ4v) is 1.87. The van der Waals surface area contributed by atoms with Crippen molar-refractivity contribution in [2.24, 2.45) is 5.73 Å². The molecule has 0 unspecified atom stereocenters. The molecule has 3 N–H and O–H groups in total. The SMILES string of the molecule is NCc1cnn(-c2cccc(O)c2)c1Br. The molecule has 0 spiro atoms. The summed E-state index contributed by atoms with van der Waals surface area (Å²) in [5.41, 5.74) is 7.26. The number of hydrogen-bond donors (Lipinski definition) is 2. The maximum atomic E-state index is 9.35. The van der Waals surface area contributed by atoms with Gasteiger partial charge in [-0.25, -0.2) is 4.68 Å². The van der Waals surface area contributed by atoms with Crippen LogP contribution in [0.15, 0.2) is 35.1 Å². The van der Waals surface area contributed by atoms with Crippen molar-refractivity contribution in [3.8, 4) is 11.4 Å². The van der Waals surface area contributed by atoms with Crippen molar-refractivity contribution >= 4 is 15.9 Å². The first-order valence-electron chi connectivity index (χ1n) is 4.44. The Morgan fingerprint density at radius 3 is 2.87 bits per heavy atom.